The average Bonchev–Trinajstić information content (AvgIpc) is 3.00. The van der Waals surface area contributed by atoms with Crippen LogP contribution in [-0.4, -0.2) is 29.2 Å². The summed E-state index contributed by atoms with van der Waals surface area (Å²) in [6.07, 6.45) is 6.03. The van der Waals surface area contributed by atoms with Gasteiger partial charge in [-0.2, -0.15) is 0 Å². The van der Waals surface area contributed by atoms with E-state index >= 15 is 0 Å². The highest BCUT2D eigenvalue weighted by Crippen LogP contribution is 2.33. The van der Waals surface area contributed by atoms with Crippen LogP contribution in [0.15, 0.2) is 28.8 Å². The summed E-state index contributed by atoms with van der Waals surface area (Å²) in [6.45, 7) is 8.95. The van der Waals surface area contributed by atoms with E-state index in [1.165, 1.54) is 55.5 Å². The molecule has 124 valence electrons. The summed E-state index contributed by atoms with van der Waals surface area (Å²) < 4.78 is 5.54. The molecule has 0 saturated carbocycles. The first kappa shape index (κ1) is 16.3. The van der Waals surface area contributed by atoms with Crippen molar-refractivity contribution in [2.75, 3.05) is 13.1 Å². The number of aryl methyl sites for hydroxylation is 2. The molecule has 0 N–H and O–H groups in total. The van der Waals surface area contributed by atoms with E-state index in [4.69, 9.17) is 4.52 Å². The number of rotatable bonds is 6. The molecule has 0 radical (unpaired) electrons. The van der Waals surface area contributed by atoms with Crippen LogP contribution in [0, 0.1) is 6.92 Å². The zero-order valence-corrected chi connectivity index (χ0v) is 14.6. The van der Waals surface area contributed by atoms with Crippen molar-refractivity contribution >= 4 is 0 Å². The molecule has 0 fully saturated rings. The van der Waals surface area contributed by atoms with Crippen LogP contribution in [0.2, 0.25) is 0 Å². The lowest BCUT2D eigenvalue weighted by Crippen LogP contribution is -2.40. The second kappa shape index (κ2) is 7.31. The Labute approximate surface area is 139 Å². The second-order valence-corrected chi connectivity index (χ2v) is 6.71. The topological polar surface area (TPSA) is 29.3 Å². The molecule has 0 spiro atoms. The van der Waals surface area contributed by atoms with Crippen LogP contribution in [0.3, 0.4) is 0 Å². The smallest absolute Gasteiger partial charge is 0.167 e. The van der Waals surface area contributed by atoms with Crippen molar-refractivity contribution in [3.05, 3.63) is 41.1 Å². The summed E-state index contributed by atoms with van der Waals surface area (Å²) in [7, 11) is 0. The van der Waals surface area contributed by atoms with Crippen molar-refractivity contribution in [3.8, 4) is 11.3 Å². The predicted molar refractivity (Wildman–Crippen MR) is 94.6 cm³/mol. The number of aromatic nitrogens is 1. The van der Waals surface area contributed by atoms with Crippen molar-refractivity contribution in [2.45, 2.75) is 58.9 Å². The van der Waals surface area contributed by atoms with Gasteiger partial charge in [-0.25, -0.2) is 0 Å². The van der Waals surface area contributed by atoms with Gasteiger partial charge >= 0.3 is 0 Å². The van der Waals surface area contributed by atoms with Gasteiger partial charge in [0.15, 0.2) is 5.76 Å². The van der Waals surface area contributed by atoms with Crippen molar-refractivity contribution in [1.29, 1.82) is 0 Å². The average molecular weight is 312 g/mol. The van der Waals surface area contributed by atoms with Gasteiger partial charge in [-0.05, 0) is 63.2 Å². The van der Waals surface area contributed by atoms with Crippen LogP contribution >= 0.6 is 0 Å². The highest BCUT2D eigenvalue weighted by atomic mass is 16.5. The van der Waals surface area contributed by atoms with E-state index in [-0.39, 0.29) is 0 Å². The molecule has 0 aliphatic heterocycles. The molecule has 1 atom stereocenters. The minimum Gasteiger partial charge on any atom is -0.356 e. The Morgan fingerprint density at radius 3 is 2.65 bits per heavy atom. The second-order valence-electron chi connectivity index (χ2n) is 6.71. The summed E-state index contributed by atoms with van der Waals surface area (Å²) in [5, 5.41) is 4.07. The van der Waals surface area contributed by atoms with Gasteiger partial charge in [0, 0.05) is 17.7 Å². The van der Waals surface area contributed by atoms with Crippen LogP contribution < -0.4 is 0 Å². The maximum absolute atomic E-state index is 5.54. The summed E-state index contributed by atoms with van der Waals surface area (Å²) in [6, 6.07) is 9.33. The summed E-state index contributed by atoms with van der Waals surface area (Å²) >= 11 is 0. The molecule has 0 saturated heterocycles. The van der Waals surface area contributed by atoms with Crippen molar-refractivity contribution < 1.29 is 4.52 Å². The predicted octanol–water partition coefficient (Wildman–Crippen LogP) is 4.63. The fourth-order valence-corrected chi connectivity index (χ4v) is 3.85. The number of hydrogen-bond donors (Lipinski definition) is 0. The fraction of sp³-hybridized carbons (Fsp3) is 0.550. The summed E-state index contributed by atoms with van der Waals surface area (Å²) in [4.78, 5) is 2.69. The number of benzene rings is 1. The lowest BCUT2D eigenvalue weighted by Gasteiger charge is -2.35. The molecule has 0 amide bonds. The zero-order valence-electron chi connectivity index (χ0n) is 14.6. The number of hydrogen-bond acceptors (Lipinski definition) is 3. The first-order valence-corrected chi connectivity index (χ1v) is 9.01. The van der Waals surface area contributed by atoms with Gasteiger partial charge in [0.1, 0.15) is 0 Å². The van der Waals surface area contributed by atoms with Gasteiger partial charge in [0.25, 0.3) is 0 Å². The van der Waals surface area contributed by atoms with E-state index in [9.17, 15) is 0 Å². The van der Waals surface area contributed by atoms with E-state index in [2.05, 4.69) is 48.2 Å². The van der Waals surface area contributed by atoms with Crippen molar-refractivity contribution in [1.82, 2.24) is 10.1 Å². The van der Waals surface area contributed by atoms with Crippen molar-refractivity contribution in [2.24, 2.45) is 0 Å². The lowest BCUT2D eigenvalue weighted by atomic mass is 9.84. The Morgan fingerprint density at radius 2 is 2.00 bits per heavy atom. The highest BCUT2D eigenvalue weighted by molar-refractivity contribution is 5.64. The molecule has 1 heterocycles. The Kier molecular flexibility index (Phi) is 5.16. The Hall–Kier alpha value is -1.61. The van der Waals surface area contributed by atoms with Crippen molar-refractivity contribution in [3.63, 3.8) is 0 Å². The largest absolute Gasteiger partial charge is 0.356 e. The Balaban J connectivity index is 1.89. The highest BCUT2D eigenvalue weighted by Gasteiger charge is 2.26. The van der Waals surface area contributed by atoms with E-state index < -0.39 is 0 Å². The quantitative estimate of drug-likeness (QED) is 0.779. The molecule has 2 aromatic rings. The molecule has 1 aliphatic rings. The number of nitrogens with zero attached hydrogens (tertiary/aromatic N) is 2. The third-order valence-electron chi connectivity index (χ3n) is 4.89. The standard InChI is InChI=1S/C20H28N2O/c1-4-11-22(12-5-2)17-10-9-16-7-6-8-18(19(16)14-17)20-13-15(3)21-23-20/h6-8,13,17H,4-5,9-12,14H2,1-3H3. The fourth-order valence-electron chi connectivity index (χ4n) is 3.85. The van der Waals surface area contributed by atoms with Crippen LogP contribution in [0.4, 0.5) is 0 Å². The first-order chi connectivity index (χ1) is 11.2. The molecule has 3 heteroatoms. The Morgan fingerprint density at radius 1 is 1.22 bits per heavy atom. The van der Waals surface area contributed by atoms with E-state index in [1.807, 2.05) is 6.92 Å². The molecule has 0 bridgehead atoms. The first-order valence-electron chi connectivity index (χ1n) is 9.01. The monoisotopic (exact) mass is 312 g/mol. The molecule has 23 heavy (non-hydrogen) atoms. The van der Waals surface area contributed by atoms with Crippen LogP contribution in [-0.2, 0) is 12.8 Å². The van der Waals surface area contributed by atoms with Gasteiger partial charge in [0.2, 0.25) is 0 Å². The molecule has 1 aromatic carbocycles. The lowest BCUT2D eigenvalue weighted by molar-refractivity contribution is 0.180. The van der Waals surface area contributed by atoms with Gasteiger partial charge in [-0.1, -0.05) is 37.2 Å². The van der Waals surface area contributed by atoms with Gasteiger partial charge in [0.05, 0.1) is 5.69 Å². The third kappa shape index (κ3) is 3.50. The van der Waals surface area contributed by atoms with Crippen LogP contribution in [0.25, 0.3) is 11.3 Å². The third-order valence-corrected chi connectivity index (χ3v) is 4.89. The minimum atomic E-state index is 0.660. The summed E-state index contributed by atoms with van der Waals surface area (Å²) in [5.41, 5.74) is 5.14. The van der Waals surface area contributed by atoms with Crippen LogP contribution in [0.1, 0.15) is 49.9 Å². The molecule has 3 rings (SSSR count). The molecule has 1 aromatic heterocycles. The molecule has 1 unspecified atom stereocenters. The normalized spacial score (nSPS) is 17.5. The maximum atomic E-state index is 5.54. The van der Waals surface area contributed by atoms with E-state index in [0.29, 0.717) is 6.04 Å². The summed E-state index contributed by atoms with van der Waals surface area (Å²) in [5.74, 6) is 0.914. The van der Waals surface area contributed by atoms with Gasteiger partial charge in [-0.15, -0.1) is 0 Å². The van der Waals surface area contributed by atoms with Gasteiger partial charge < -0.3 is 9.42 Å². The minimum absolute atomic E-state index is 0.660. The molecular formula is C20H28N2O. The molecular weight excluding hydrogens is 284 g/mol. The van der Waals surface area contributed by atoms with E-state index in [1.54, 1.807) is 0 Å². The SMILES string of the molecule is CCCN(CCC)C1CCc2cccc(-c3cc(C)no3)c2C1. The molecule has 3 nitrogen and oxygen atoms in total. The van der Waals surface area contributed by atoms with E-state index in [0.717, 1.165) is 17.9 Å². The molecule has 1 aliphatic carbocycles. The Bertz CT molecular complexity index is 641. The maximum Gasteiger partial charge on any atom is 0.167 e. The number of fused-ring (bicyclic) bond motifs is 1. The van der Waals surface area contributed by atoms with Gasteiger partial charge in [-0.3, -0.25) is 0 Å². The zero-order chi connectivity index (χ0) is 16.2. The van der Waals surface area contributed by atoms with Crippen LogP contribution in [0.5, 0.6) is 0 Å².